The lowest BCUT2D eigenvalue weighted by Gasteiger charge is -2.14. The molecule has 0 heterocycles. The Labute approximate surface area is 149 Å². The van der Waals surface area contributed by atoms with Crippen molar-refractivity contribution < 1.29 is 19.1 Å². The molecule has 0 saturated carbocycles. The molecule has 1 amide bonds. The molecular formula is C18H18BrNO4. The number of methoxy groups -OCH3 is 1. The van der Waals surface area contributed by atoms with Crippen molar-refractivity contribution in [3.8, 4) is 5.75 Å². The minimum Gasteiger partial charge on any atom is -0.497 e. The molecule has 2 aromatic rings. The number of hydrogen-bond acceptors (Lipinski definition) is 4. The highest BCUT2D eigenvalue weighted by molar-refractivity contribution is 9.10. The molecule has 0 spiro atoms. The molecule has 0 saturated heterocycles. The van der Waals surface area contributed by atoms with E-state index in [4.69, 9.17) is 9.47 Å². The normalized spacial score (nSPS) is 11.5. The van der Waals surface area contributed by atoms with E-state index in [0.717, 1.165) is 5.56 Å². The molecule has 0 aromatic heterocycles. The van der Waals surface area contributed by atoms with Crippen molar-refractivity contribution in [1.29, 1.82) is 0 Å². The minimum atomic E-state index is -0.594. The molecule has 126 valence electrons. The van der Waals surface area contributed by atoms with Gasteiger partial charge in [-0.3, -0.25) is 4.79 Å². The lowest BCUT2D eigenvalue weighted by molar-refractivity contribution is -0.124. The maximum absolute atomic E-state index is 12.1. The van der Waals surface area contributed by atoms with Crippen LogP contribution < -0.4 is 10.1 Å². The summed E-state index contributed by atoms with van der Waals surface area (Å²) < 4.78 is 10.7. The molecule has 2 rings (SSSR count). The molecule has 0 radical (unpaired) electrons. The third-order valence-corrected chi connectivity index (χ3v) is 4.10. The van der Waals surface area contributed by atoms with Crippen LogP contribution in [0.1, 0.15) is 28.9 Å². The second-order valence-electron chi connectivity index (χ2n) is 5.12. The number of ether oxygens (including phenoxy) is 2. The highest BCUT2D eigenvalue weighted by Crippen LogP contribution is 2.23. The highest BCUT2D eigenvalue weighted by Gasteiger charge is 2.16. The van der Waals surface area contributed by atoms with Crippen LogP contribution in [0.4, 0.5) is 0 Å². The van der Waals surface area contributed by atoms with Gasteiger partial charge in [-0.2, -0.15) is 0 Å². The average Bonchev–Trinajstić information content (AvgIpc) is 2.60. The van der Waals surface area contributed by atoms with E-state index in [1.807, 2.05) is 37.3 Å². The third-order valence-electron chi connectivity index (χ3n) is 3.40. The van der Waals surface area contributed by atoms with Gasteiger partial charge in [-0.05, 0) is 46.6 Å². The molecular weight excluding hydrogens is 374 g/mol. The maximum Gasteiger partial charge on any atom is 0.339 e. The first-order valence-corrected chi connectivity index (χ1v) is 8.15. The smallest absolute Gasteiger partial charge is 0.339 e. The van der Waals surface area contributed by atoms with Crippen LogP contribution in [0, 0.1) is 0 Å². The molecule has 6 heteroatoms. The van der Waals surface area contributed by atoms with E-state index in [2.05, 4.69) is 21.2 Å². The summed E-state index contributed by atoms with van der Waals surface area (Å²) >= 11 is 3.28. The summed E-state index contributed by atoms with van der Waals surface area (Å²) in [5.74, 6) is -0.422. The first-order valence-electron chi connectivity index (χ1n) is 7.36. The van der Waals surface area contributed by atoms with Gasteiger partial charge in [0.15, 0.2) is 6.61 Å². The van der Waals surface area contributed by atoms with Gasteiger partial charge >= 0.3 is 5.97 Å². The van der Waals surface area contributed by atoms with Crippen molar-refractivity contribution in [2.45, 2.75) is 13.0 Å². The van der Waals surface area contributed by atoms with E-state index in [1.165, 1.54) is 7.11 Å². The van der Waals surface area contributed by atoms with Crippen molar-refractivity contribution in [3.63, 3.8) is 0 Å². The second kappa shape index (κ2) is 8.49. The van der Waals surface area contributed by atoms with Gasteiger partial charge in [0.05, 0.1) is 18.7 Å². The topological polar surface area (TPSA) is 64.6 Å². The van der Waals surface area contributed by atoms with Crippen LogP contribution in [0.15, 0.2) is 53.0 Å². The van der Waals surface area contributed by atoms with Crippen molar-refractivity contribution >= 4 is 27.8 Å². The quantitative estimate of drug-likeness (QED) is 0.765. The van der Waals surface area contributed by atoms with Crippen LogP contribution in [0.3, 0.4) is 0 Å². The van der Waals surface area contributed by atoms with Gasteiger partial charge in [-0.1, -0.05) is 30.3 Å². The van der Waals surface area contributed by atoms with E-state index in [0.29, 0.717) is 15.8 Å². The zero-order valence-electron chi connectivity index (χ0n) is 13.4. The highest BCUT2D eigenvalue weighted by atomic mass is 79.9. The molecule has 0 bridgehead atoms. The van der Waals surface area contributed by atoms with Gasteiger partial charge < -0.3 is 14.8 Å². The van der Waals surface area contributed by atoms with E-state index in [1.54, 1.807) is 18.2 Å². The summed E-state index contributed by atoms with van der Waals surface area (Å²) in [6.45, 7) is 1.52. The van der Waals surface area contributed by atoms with Crippen LogP contribution in [-0.4, -0.2) is 25.6 Å². The van der Waals surface area contributed by atoms with Crippen LogP contribution in [0.2, 0.25) is 0 Å². The van der Waals surface area contributed by atoms with Gasteiger partial charge in [-0.25, -0.2) is 4.79 Å². The summed E-state index contributed by atoms with van der Waals surface area (Å²) in [5.41, 5.74) is 1.28. The molecule has 0 fully saturated rings. The van der Waals surface area contributed by atoms with Crippen molar-refractivity contribution in [2.24, 2.45) is 0 Å². The molecule has 0 aliphatic rings. The van der Waals surface area contributed by atoms with Gasteiger partial charge in [0, 0.05) is 4.47 Å². The van der Waals surface area contributed by atoms with E-state index in [9.17, 15) is 9.59 Å². The molecule has 1 atom stereocenters. The summed E-state index contributed by atoms with van der Waals surface area (Å²) in [7, 11) is 1.51. The zero-order valence-corrected chi connectivity index (χ0v) is 15.0. The maximum atomic E-state index is 12.1. The second-order valence-corrected chi connectivity index (χ2v) is 5.98. The third kappa shape index (κ3) is 4.83. The first-order chi connectivity index (χ1) is 11.5. The van der Waals surface area contributed by atoms with E-state index < -0.39 is 5.97 Å². The zero-order chi connectivity index (χ0) is 17.5. The van der Waals surface area contributed by atoms with Crippen LogP contribution >= 0.6 is 15.9 Å². The predicted octanol–water partition coefficient (Wildman–Crippen LogP) is 3.49. The summed E-state index contributed by atoms with van der Waals surface area (Å²) in [4.78, 5) is 24.1. The Morgan fingerprint density at radius 2 is 1.88 bits per heavy atom. The monoisotopic (exact) mass is 391 g/mol. The molecule has 0 aliphatic carbocycles. The number of carbonyl (C=O) groups is 2. The Morgan fingerprint density at radius 3 is 2.54 bits per heavy atom. The first kappa shape index (κ1) is 18.0. The summed E-state index contributed by atoms with van der Waals surface area (Å²) in [6.07, 6.45) is 0. The lowest BCUT2D eigenvalue weighted by Crippen LogP contribution is -2.31. The predicted molar refractivity (Wildman–Crippen MR) is 94.0 cm³/mol. The van der Waals surface area contributed by atoms with Crippen LogP contribution in [0.5, 0.6) is 5.75 Å². The molecule has 24 heavy (non-hydrogen) atoms. The SMILES string of the molecule is COc1ccc(Br)c(C(=O)OCC(=O)N[C@H](C)c2ccccc2)c1. The Bertz CT molecular complexity index is 718. The molecule has 0 aliphatic heterocycles. The van der Waals surface area contributed by atoms with Crippen LogP contribution in [-0.2, 0) is 9.53 Å². The van der Waals surface area contributed by atoms with E-state index >= 15 is 0 Å². The Hall–Kier alpha value is -2.34. The fraction of sp³-hybridized carbons (Fsp3) is 0.222. The van der Waals surface area contributed by atoms with Crippen molar-refractivity contribution in [2.75, 3.05) is 13.7 Å². The summed E-state index contributed by atoms with van der Waals surface area (Å²) in [6, 6.07) is 14.3. The van der Waals surface area contributed by atoms with Gasteiger partial charge in [-0.15, -0.1) is 0 Å². The molecule has 1 N–H and O–H groups in total. The number of nitrogens with one attached hydrogen (secondary N) is 1. The Kier molecular flexibility index (Phi) is 6.37. The Balaban J connectivity index is 1.91. The lowest BCUT2D eigenvalue weighted by atomic mass is 10.1. The molecule has 5 nitrogen and oxygen atoms in total. The van der Waals surface area contributed by atoms with Crippen LogP contribution in [0.25, 0.3) is 0 Å². The van der Waals surface area contributed by atoms with Gasteiger partial charge in [0.2, 0.25) is 0 Å². The fourth-order valence-electron chi connectivity index (χ4n) is 2.10. The minimum absolute atomic E-state index is 0.166. The summed E-state index contributed by atoms with van der Waals surface area (Å²) in [5, 5.41) is 2.79. The number of hydrogen-bond donors (Lipinski definition) is 1. The Morgan fingerprint density at radius 1 is 1.17 bits per heavy atom. The van der Waals surface area contributed by atoms with Gasteiger partial charge in [0.1, 0.15) is 5.75 Å². The van der Waals surface area contributed by atoms with Crippen molar-refractivity contribution in [1.82, 2.24) is 5.32 Å². The average molecular weight is 392 g/mol. The molecule has 0 unspecified atom stereocenters. The number of amides is 1. The number of carbonyl (C=O) groups excluding carboxylic acids is 2. The van der Waals surface area contributed by atoms with Crippen molar-refractivity contribution in [3.05, 3.63) is 64.1 Å². The number of halogens is 1. The fourth-order valence-corrected chi connectivity index (χ4v) is 2.51. The number of esters is 1. The largest absolute Gasteiger partial charge is 0.497 e. The number of benzene rings is 2. The standard InChI is InChI=1S/C18H18BrNO4/c1-12(13-6-4-3-5-7-13)20-17(21)11-24-18(22)15-10-14(23-2)8-9-16(15)19/h3-10,12H,11H2,1-2H3,(H,20,21)/t12-/m1/s1. The van der Waals surface area contributed by atoms with Gasteiger partial charge in [0.25, 0.3) is 5.91 Å². The number of rotatable bonds is 6. The molecule has 2 aromatic carbocycles. The van der Waals surface area contributed by atoms with E-state index in [-0.39, 0.29) is 18.6 Å².